The van der Waals surface area contributed by atoms with E-state index in [1.807, 2.05) is 0 Å². The van der Waals surface area contributed by atoms with E-state index in [-0.39, 0.29) is 18.4 Å². The molecule has 1 atom stereocenters. The van der Waals surface area contributed by atoms with Crippen LogP contribution in [0.5, 0.6) is 0 Å². The minimum Gasteiger partial charge on any atom is -0.466 e. The molecular weight excluding hydrogens is 302 g/mol. The molecule has 23 heavy (non-hydrogen) atoms. The minimum atomic E-state index is -0.480. The van der Waals surface area contributed by atoms with E-state index in [1.165, 1.54) is 6.08 Å². The van der Waals surface area contributed by atoms with Crippen LogP contribution in [0.2, 0.25) is 0 Å². The molecule has 0 aromatic heterocycles. The predicted octanol–water partition coefficient (Wildman–Crippen LogP) is 0.954. The number of ether oxygens (including phenoxy) is 4. The third kappa shape index (κ3) is 8.11. The second-order valence-electron chi connectivity index (χ2n) is 5.50. The summed E-state index contributed by atoms with van der Waals surface area (Å²) in [6.07, 6.45) is 3.39. The fourth-order valence-electron chi connectivity index (χ4n) is 2.21. The van der Waals surface area contributed by atoms with Crippen molar-refractivity contribution in [2.45, 2.75) is 38.6 Å². The quantitative estimate of drug-likeness (QED) is 0.592. The zero-order valence-electron chi connectivity index (χ0n) is 14.0. The molecule has 0 spiro atoms. The van der Waals surface area contributed by atoms with E-state index in [1.54, 1.807) is 13.8 Å². The Bertz CT molecular complexity index is 407. The molecule has 0 aliphatic carbocycles. The second-order valence-corrected chi connectivity index (χ2v) is 5.50. The maximum atomic E-state index is 11.0. The van der Waals surface area contributed by atoms with E-state index in [4.69, 9.17) is 24.7 Å². The number of carbonyl (C=O) groups is 2. The van der Waals surface area contributed by atoms with Gasteiger partial charge in [0.05, 0.1) is 45.0 Å². The van der Waals surface area contributed by atoms with Crippen LogP contribution < -0.4 is 5.73 Å². The Balaban J connectivity index is 0.000000231. The summed E-state index contributed by atoms with van der Waals surface area (Å²) in [5.41, 5.74) is 6.42. The van der Waals surface area contributed by atoms with Crippen molar-refractivity contribution in [3.05, 3.63) is 11.6 Å². The lowest BCUT2D eigenvalue weighted by atomic mass is 9.96. The molecule has 132 valence electrons. The van der Waals surface area contributed by atoms with E-state index >= 15 is 0 Å². The van der Waals surface area contributed by atoms with Gasteiger partial charge in [0, 0.05) is 12.7 Å². The Morgan fingerprint density at radius 3 is 2.48 bits per heavy atom. The van der Waals surface area contributed by atoms with Crippen LogP contribution in [0.4, 0.5) is 0 Å². The molecule has 0 saturated carbocycles. The average Bonchev–Trinajstić information content (AvgIpc) is 3.12. The van der Waals surface area contributed by atoms with Crippen molar-refractivity contribution in [3.8, 4) is 0 Å². The SMILES string of the molecule is CCOC(=O)C=C1CCOC1.CCOC(=O)CC1(N)CCOC1. The number of esters is 2. The van der Waals surface area contributed by atoms with Crippen molar-refractivity contribution in [3.63, 3.8) is 0 Å². The molecule has 7 heteroatoms. The molecule has 0 aromatic carbocycles. The van der Waals surface area contributed by atoms with Gasteiger partial charge in [0.15, 0.2) is 0 Å². The highest BCUT2D eigenvalue weighted by Gasteiger charge is 2.33. The summed E-state index contributed by atoms with van der Waals surface area (Å²) in [4.78, 5) is 21.9. The molecule has 0 bridgehead atoms. The molecule has 7 nitrogen and oxygen atoms in total. The van der Waals surface area contributed by atoms with Crippen LogP contribution in [0.1, 0.15) is 33.1 Å². The van der Waals surface area contributed by atoms with Gasteiger partial charge in [-0.3, -0.25) is 4.79 Å². The highest BCUT2D eigenvalue weighted by Crippen LogP contribution is 2.19. The number of hydrogen-bond donors (Lipinski definition) is 1. The summed E-state index contributed by atoms with van der Waals surface area (Å²) in [6, 6.07) is 0. The van der Waals surface area contributed by atoms with Crippen molar-refractivity contribution in [2.75, 3.05) is 39.6 Å². The van der Waals surface area contributed by atoms with Gasteiger partial charge in [0.1, 0.15) is 0 Å². The van der Waals surface area contributed by atoms with Crippen LogP contribution in [0.25, 0.3) is 0 Å². The number of rotatable bonds is 5. The largest absolute Gasteiger partial charge is 0.466 e. The first-order chi connectivity index (χ1) is 11.0. The highest BCUT2D eigenvalue weighted by atomic mass is 16.5. The summed E-state index contributed by atoms with van der Waals surface area (Å²) in [5.74, 6) is -0.487. The minimum absolute atomic E-state index is 0.231. The van der Waals surface area contributed by atoms with Crippen LogP contribution in [-0.2, 0) is 28.5 Å². The molecule has 2 aliphatic heterocycles. The zero-order chi connectivity index (χ0) is 17.1. The van der Waals surface area contributed by atoms with Crippen molar-refractivity contribution >= 4 is 11.9 Å². The highest BCUT2D eigenvalue weighted by molar-refractivity contribution is 5.82. The Kier molecular flexibility index (Phi) is 8.83. The van der Waals surface area contributed by atoms with Crippen molar-refractivity contribution in [1.82, 2.24) is 0 Å². The van der Waals surface area contributed by atoms with E-state index in [9.17, 15) is 9.59 Å². The lowest BCUT2D eigenvalue weighted by molar-refractivity contribution is -0.144. The van der Waals surface area contributed by atoms with Crippen LogP contribution in [-0.4, -0.2) is 57.1 Å². The summed E-state index contributed by atoms with van der Waals surface area (Å²) in [5, 5.41) is 0. The van der Waals surface area contributed by atoms with Gasteiger partial charge in [-0.25, -0.2) is 4.79 Å². The third-order valence-corrected chi connectivity index (χ3v) is 3.40. The molecule has 2 aliphatic rings. The van der Waals surface area contributed by atoms with Crippen LogP contribution in [0.3, 0.4) is 0 Å². The summed E-state index contributed by atoms with van der Waals surface area (Å²) < 4.78 is 19.7. The Morgan fingerprint density at radius 2 is 1.96 bits per heavy atom. The zero-order valence-corrected chi connectivity index (χ0v) is 14.0. The normalized spacial score (nSPS) is 24.9. The van der Waals surface area contributed by atoms with Gasteiger partial charge in [0.25, 0.3) is 0 Å². The first kappa shape index (κ1) is 19.6. The fourth-order valence-corrected chi connectivity index (χ4v) is 2.21. The molecule has 0 aromatic rings. The number of nitrogens with two attached hydrogens (primary N) is 1. The van der Waals surface area contributed by atoms with Crippen LogP contribution in [0.15, 0.2) is 11.6 Å². The maximum absolute atomic E-state index is 11.0. The summed E-state index contributed by atoms with van der Waals surface area (Å²) >= 11 is 0. The molecule has 2 heterocycles. The van der Waals surface area contributed by atoms with Gasteiger partial charge in [-0.05, 0) is 32.3 Å². The van der Waals surface area contributed by atoms with Crippen LogP contribution in [0, 0.1) is 0 Å². The average molecular weight is 329 g/mol. The molecule has 0 amide bonds. The second kappa shape index (κ2) is 10.4. The molecule has 1 unspecified atom stereocenters. The van der Waals surface area contributed by atoms with Crippen molar-refractivity contribution < 1.29 is 28.5 Å². The monoisotopic (exact) mass is 329 g/mol. The lowest BCUT2D eigenvalue weighted by Crippen LogP contribution is -2.42. The molecule has 0 radical (unpaired) electrons. The standard InChI is InChI=1S/C8H15NO3.C8H12O3/c1-2-12-7(10)5-8(9)3-4-11-6-8;1-2-11-8(9)5-7-3-4-10-6-7/h2-6,9H2,1H3;5H,2-4,6H2,1H3. The fraction of sp³-hybridized carbons (Fsp3) is 0.750. The Morgan fingerprint density at radius 1 is 1.22 bits per heavy atom. The Hall–Kier alpha value is -1.44. The van der Waals surface area contributed by atoms with Gasteiger partial charge < -0.3 is 24.7 Å². The first-order valence-corrected chi connectivity index (χ1v) is 7.95. The van der Waals surface area contributed by atoms with Gasteiger partial charge in [-0.15, -0.1) is 0 Å². The predicted molar refractivity (Wildman–Crippen MR) is 83.8 cm³/mol. The molecule has 2 saturated heterocycles. The van der Waals surface area contributed by atoms with E-state index in [0.29, 0.717) is 33.0 Å². The third-order valence-electron chi connectivity index (χ3n) is 3.40. The first-order valence-electron chi connectivity index (χ1n) is 7.95. The Labute approximate surface area is 137 Å². The number of hydrogen-bond acceptors (Lipinski definition) is 7. The lowest BCUT2D eigenvalue weighted by Gasteiger charge is -2.19. The van der Waals surface area contributed by atoms with E-state index in [2.05, 4.69) is 0 Å². The molecule has 2 fully saturated rings. The number of carbonyl (C=O) groups excluding carboxylic acids is 2. The van der Waals surface area contributed by atoms with E-state index < -0.39 is 5.54 Å². The maximum Gasteiger partial charge on any atom is 0.330 e. The van der Waals surface area contributed by atoms with Gasteiger partial charge in [-0.1, -0.05) is 0 Å². The van der Waals surface area contributed by atoms with Gasteiger partial charge in [0.2, 0.25) is 0 Å². The smallest absolute Gasteiger partial charge is 0.330 e. The van der Waals surface area contributed by atoms with Crippen LogP contribution >= 0.6 is 0 Å². The van der Waals surface area contributed by atoms with Gasteiger partial charge in [-0.2, -0.15) is 0 Å². The molecule has 2 rings (SSSR count). The summed E-state index contributed by atoms with van der Waals surface area (Å²) in [6.45, 7) is 6.85. The van der Waals surface area contributed by atoms with Gasteiger partial charge >= 0.3 is 11.9 Å². The van der Waals surface area contributed by atoms with E-state index in [0.717, 1.165) is 25.0 Å². The summed E-state index contributed by atoms with van der Waals surface area (Å²) in [7, 11) is 0. The topological polar surface area (TPSA) is 97.1 Å². The van der Waals surface area contributed by atoms with Crippen molar-refractivity contribution in [1.29, 1.82) is 0 Å². The molecule has 2 N–H and O–H groups in total. The van der Waals surface area contributed by atoms with Crippen molar-refractivity contribution in [2.24, 2.45) is 5.73 Å². The molecular formula is C16H27NO6.